The van der Waals surface area contributed by atoms with Gasteiger partial charge in [0.15, 0.2) is 6.10 Å². The Morgan fingerprint density at radius 1 is 0.483 bits per heavy atom. The number of hydrogen-bond donors (Lipinski definition) is 1. The van der Waals surface area contributed by atoms with Crippen LogP contribution in [-0.4, -0.2) is 42.8 Å². The third-order valence-corrected chi connectivity index (χ3v) is 10.6. The molecule has 0 heterocycles. The van der Waals surface area contributed by atoms with Crippen LogP contribution in [0.1, 0.15) is 201 Å². The summed E-state index contributed by atoms with van der Waals surface area (Å²) < 4.78 is 32.7. The van der Waals surface area contributed by atoms with Crippen molar-refractivity contribution in [2.45, 2.75) is 207 Å². The van der Waals surface area contributed by atoms with Crippen molar-refractivity contribution >= 4 is 19.8 Å². The third-order valence-electron chi connectivity index (χ3n) is 9.50. The van der Waals surface area contributed by atoms with Gasteiger partial charge in [-0.05, 0) is 90.4 Å². The first-order chi connectivity index (χ1) is 28.3. The molecule has 0 aromatic carbocycles. The van der Waals surface area contributed by atoms with Crippen LogP contribution in [0.15, 0.2) is 72.9 Å². The van der Waals surface area contributed by atoms with Gasteiger partial charge in [-0.15, -0.1) is 0 Å². The van der Waals surface area contributed by atoms with Crippen LogP contribution in [0.3, 0.4) is 0 Å². The molecule has 0 aliphatic rings. The van der Waals surface area contributed by atoms with Crippen molar-refractivity contribution in [2.24, 2.45) is 0 Å². The minimum absolute atomic E-state index is 0.00879. The maximum Gasteiger partial charge on any atom is 0.472 e. The van der Waals surface area contributed by atoms with E-state index in [9.17, 15) is 19.0 Å². The Kier molecular flexibility index (Phi) is 42.1. The number of esters is 2. The summed E-state index contributed by atoms with van der Waals surface area (Å²) >= 11 is 0. The largest absolute Gasteiger partial charge is 0.472 e. The van der Waals surface area contributed by atoms with E-state index in [1.54, 1.807) is 6.92 Å². The summed E-state index contributed by atoms with van der Waals surface area (Å²) in [7, 11) is -4.29. The predicted octanol–water partition coefficient (Wildman–Crippen LogP) is 14.9. The number of allylic oxidation sites excluding steroid dienone is 12. The molecule has 0 spiro atoms. The Morgan fingerprint density at radius 3 is 1.33 bits per heavy atom. The lowest BCUT2D eigenvalue weighted by Crippen LogP contribution is -2.29. The van der Waals surface area contributed by atoms with Crippen molar-refractivity contribution in [3.63, 3.8) is 0 Å². The van der Waals surface area contributed by atoms with Gasteiger partial charge in [0.2, 0.25) is 0 Å². The fraction of sp³-hybridized carbons (Fsp3) is 0.714. The molecule has 9 heteroatoms. The second-order valence-electron chi connectivity index (χ2n) is 15.0. The molecule has 0 amide bonds. The van der Waals surface area contributed by atoms with Gasteiger partial charge in [-0.2, -0.15) is 0 Å². The zero-order valence-corrected chi connectivity index (χ0v) is 38.1. The number of hydrogen-bond acceptors (Lipinski definition) is 7. The van der Waals surface area contributed by atoms with E-state index in [-0.39, 0.29) is 32.0 Å². The number of carbonyl (C=O) groups is 2. The number of rotatable bonds is 42. The summed E-state index contributed by atoms with van der Waals surface area (Å²) in [6.07, 6.45) is 55.3. The number of ether oxygens (including phenoxy) is 2. The smallest absolute Gasteiger partial charge is 0.462 e. The van der Waals surface area contributed by atoms with E-state index in [1.165, 1.54) is 83.5 Å². The van der Waals surface area contributed by atoms with Crippen molar-refractivity contribution in [1.82, 2.24) is 0 Å². The molecular weight excluding hydrogens is 748 g/mol. The predicted molar refractivity (Wildman–Crippen MR) is 244 cm³/mol. The van der Waals surface area contributed by atoms with Gasteiger partial charge < -0.3 is 14.4 Å². The van der Waals surface area contributed by atoms with Gasteiger partial charge in [0.05, 0.1) is 13.2 Å². The van der Waals surface area contributed by atoms with E-state index in [1.807, 2.05) is 0 Å². The molecule has 0 bridgehead atoms. The van der Waals surface area contributed by atoms with Crippen LogP contribution in [0.5, 0.6) is 0 Å². The first-order valence-electron chi connectivity index (χ1n) is 23.2. The van der Waals surface area contributed by atoms with Gasteiger partial charge in [0.1, 0.15) is 6.61 Å². The van der Waals surface area contributed by atoms with E-state index in [0.29, 0.717) is 6.42 Å². The molecule has 2 unspecified atom stereocenters. The topological polar surface area (TPSA) is 108 Å². The minimum atomic E-state index is -4.29. The van der Waals surface area contributed by atoms with Gasteiger partial charge in [-0.3, -0.25) is 18.6 Å². The fourth-order valence-corrected chi connectivity index (χ4v) is 6.88. The summed E-state index contributed by atoms with van der Waals surface area (Å²) in [6, 6.07) is 0. The van der Waals surface area contributed by atoms with Crippen LogP contribution in [0.2, 0.25) is 0 Å². The van der Waals surface area contributed by atoms with E-state index >= 15 is 0 Å². The number of phosphoric ester groups is 1. The number of carbonyl (C=O) groups excluding carboxylic acids is 2. The second-order valence-corrected chi connectivity index (χ2v) is 16.5. The first kappa shape index (κ1) is 55.5. The zero-order chi connectivity index (χ0) is 42.5. The molecule has 0 saturated carbocycles. The zero-order valence-electron chi connectivity index (χ0n) is 37.2. The summed E-state index contributed by atoms with van der Waals surface area (Å²) in [6.45, 7) is 5.32. The van der Waals surface area contributed by atoms with Crippen LogP contribution in [0, 0.1) is 0 Å². The lowest BCUT2D eigenvalue weighted by molar-refractivity contribution is -0.161. The lowest BCUT2D eigenvalue weighted by atomic mass is 10.1. The van der Waals surface area contributed by atoms with Gasteiger partial charge in [0.25, 0.3) is 0 Å². The van der Waals surface area contributed by atoms with Crippen molar-refractivity contribution in [3.8, 4) is 0 Å². The molecular formula is C49H85O8P. The van der Waals surface area contributed by atoms with Crippen molar-refractivity contribution in [1.29, 1.82) is 0 Å². The average molecular weight is 833 g/mol. The third kappa shape index (κ3) is 43.1. The molecule has 0 radical (unpaired) electrons. The van der Waals surface area contributed by atoms with Gasteiger partial charge in [-0.1, -0.05) is 170 Å². The Labute approximate surface area is 355 Å². The van der Waals surface area contributed by atoms with E-state index in [0.717, 1.165) is 77.0 Å². The molecule has 0 fully saturated rings. The number of phosphoric acid groups is 1. The Morgan fingerprint density at radius 2 is 0.879 bits per heavy atom. The van der Waals surface area contributed by atoms with Crippen molar-refractivity contribution in [3.05, 3.63) is 72.9 Å². The average Bonchev–Trinajstić information content (AvgIpc) is 3.20. The minimum Gasteiger partial charge on any atom is -0.462 e. The lowest BCUT2D eigenvalue weighted by Gasteiger charge is -2.19. The highest BCUT2D eigenvalue weighted by atomic mass is 31.2. The highest BCUT2D eigenvalue weighted by Gasteiger charge is 2.25. The summed E-state index contributed by atoms with van der Waals surface area (Å²) in [5.41, 5.74) is 0. The molecule has 0 aromatic rings. The highest BCUT2D eigenvalue weighted by Crippen LogP contribution is 2.43. The van der Waals surface area contributed by atoms with E-state index < -0.39 is 26.5 Å². The first-order valence-corrected chi connectivity index (χ1v) is 24.7. The number of unbranched alkanes of at least 4 members (excludes halogenated alkanes) is 18. The molecule has 0 aliphatic carbocycles. The summed E-state index contributed by atoms with van der Waals surface area (Å²) in [5, 5.41) is 0. The molecule has 0 rings (SSSR count). The molecule has 0 aromatic heterocycles. The monoisotopic (exact) mass is 833 g/mol. The molecule has 0 saturated heterocycles. The van der Waals surface area contributed by atoms with Gasteiger partial charge in [-0.25, -0.2) is 4.57 Å². The van der Waals surface area contributed by atoms with Crippen LogP contribution < -0.4 is 0 Å². The van der Waals surface area contributed by atoms with Crippen LogP contribution in [0.25, 0.3) is 0 Å². The molecule has 2 atom stereocenters. The molecule has 1 N–H and O–H groups in total. The van der Waals surface area contributed by atoms with Gasteiger partial charge in [0, 0.05) is 12.8 Å². The molecule has 334 valence electrons. The normalized spacial score (nSPS) is 13.9. The Bertz CT molecular complexity index is 1170. The standard InChI is InChI=1S/C49H85O8P/c1-4-7-9-11-13-15-17-19-21-23-24-25-26-28-29-31-33-35-37-39-41-43-48(50)54-45-47(46-56-58(52,53)55-6-3)57-49(51)44-42-40-38-36-34-32-30-27-22-20-18-16-14-12-10-8-5-2/h8,10,14,16-17,19-20,22-24,30,32,47H,4-7,9,11-13,15,18,21,25-29,31,33-46H2,1-3H3,(H,52,53)/b10-8-,16-14-,19-17-,22-20-,24-23-,32-30-. The molecule has 8 nitrogen and oxygen atoms in total. The summed E-state index contributed by atoms with van der Waals surface area (Å²) in [5.74, 6) is -0.833. The quantitative estimate of drug-likeness (QED) is 0.0280. The Hall–Kier alpha value is -2.51. The Balaban J connectivity index is 4.09. The van der Waals surface area contributed by atoms with E-state index in [2.05, 4.69) is 86.8 Å². The van der Waals surface area contributed by atoms with Gasteiger partial charge >= 0.3 is 19.8 Å². The summed E-state index contributed by atoms with van der Waals surface area (Å²) in [4.78, 5) is 34.8. The maximum absolute atomic E-state index is 12.6. The SMILES string of the molecule is CC/C=C\C/C=C\C/C=C\C/C=C\CCCCCCC(=O)OC(COC(=O)CCCCCCCCCCC/C=C\C/C=C\CCCCCCC)COP(=O)(O)OCC. The highest BCUT2D eigenvalue weighted by molar-refractivity contribution is 7.47. The van der Waals surface area contributed by atoms with Crippen molar-refractivity contribution in [2.75, 3.05) is 19.8 Å². The molecule has 0 aliphatic heterocycles. The maximum atomic E-state index is 12.6. The fourth-order valence-electron chi connectivity index (χ4n) is 6.12. The van der Waals surface area contributed by atoms with Crippen LogP contribution >= 0.6 is 7.82 Å². The van der Waals surface area contributed by atoms with Crippen LogP contribution in [-0.2, 0) is 32.7 Å². The van der Waals surface area contributed by atoms with E-state index in [4.69, 9.17) is 18.5 Å². The molecule has 58 heavy (non-hydrogen) atoms. The van der Waals surface area contributed by atoms with Crippen LogP contribution in [0.4, 0.5) is 0 Å². The van der Waals surface area contributed by atoms with Crippen molar-refractivity contribution < 1.29 is 37.6 Å². The second kappa shape index (κ2) is 44.1.